The second-order valence-electron chi connectivity index (χ2n) is 5.59. The van der Waals surface area contributed by atoms with Crippen LogP contribution in [0.5, 0.6) is 0 Å². The van der Waals surface area contributed by atoms with Gasteiger partial charge in [0.2, 0.25) is 5.82 Å². The zero-order valence-electron chi connectivity index (χ0n) is 13.5. The van der Waals surface area contributed by atoms with Gasteiger partial charge in [0.05, 0.1) is 25.0 Å². The molecule has 0 radical (unpaired) electrons. The Hall–Kier alpha value is -2.61. The highest BCUT2D eigenvalue weighted by atomic mass is 15.3. The minimum Gasteiger partial charge on any atom is -0.305 e. The standard InChI is InChI=1S/C15H20N8/c1-10-6-12(3)23(22-10)9-11(2)18-8-14-19-15(21-20-14)13-7-16-4-5-17-13/h4-7,11,18H,8-9H2,1-3H3,(H,19,20,21). The molecule has 8 heteroatoms. The molecule has 23 heavy (non-hydrogen) atoms. The number of nitrogens with zero attached hydrogens (tertiary/aromatic N) is 6. The topological polar surface area (TPSA) is 97.2 Å². The largest absolute Gasteiger partial charge is 0.305 e. The van der Waals surface area contributed by atoms with Gasteiger partial charge in [-0.25, -0.2) is 9.97 Å². The van der Waals surface area contributed by atoms with Crippen molar-refractivity contribution in [3.8, 4) is 11.5 Å². The number of H-pyrrole nitrogens is 1. The Bertz CT molecular complexity index is 761. The summed E-state index contributed by atoms with van der Waals surface area (Å²) in [6, 6.07) is 2.34. The number of hydrogen-bond donors (Lipinski definition) is 2. The molecule has 0 fully saturated rings. The maximum Gasteiger partial charge on any atom is 0.201 e. The minimum absolute atomic E-state index is 0.262. The zero-order chi connectivity index (χ0) is 16.2. The van der Waals surface area contributed by atoms with Gasteiger partial charge >= 0.3 is 0 Å². The molecule has 2 N–H and O–H groups in total. The van der Waals surface area contributed by atoms with E-state index in [4.69, 9.17) is 0 Å². The first-order chi connectivity index (χ1) is 11.1. The van der Waals surface area contributed by atoms with Crippen molar-refractivity contribution in [3.63, 3.8) is 0 Å². The molecular formula is C15H20N8. The van der Waals surface area contributed by atoms with Crippen LogP contribution >= 0.6 is 0 Å². The van der Waals surface area contributed by atoms with Crippen LogP contribution in [0.2, 0.25) is 0 Å². The predicted molar refractivity (Wildman–Crippen MR) is 85.4 cm³/mol. The Balaban J connectivity index is 1.56. The number of hydrogen-bond acceptors (Lipinski definition) is 6. The van der Waals surface area contributed by atoms with Gasteiger partial charge in [-0.1, -0.05) is 0 Å². The van der Waals surface area contributed by atoms with Crippen molar-refractivity contribution in [2.45, 2.75) is 39.9 Å². The highest BCUT2D eigenvalue weighted by Crippen LogP contribution is 2.09. The first-order valence-electron chi connectivity index (χ1n) is 7.54. The van der Waals surface area contributed by atoms with Crippen LogP contribution in [0.25, 0.3) is 11.5 Å². The number of rotatable bonds is 6. The van der Waals surface area contributed by atoms with Crippen molar-refractivity contribution in [2.75, 3.05) is 0 Å². The summed E-state index contributed by atoms with van der Waals surface area (Å²) in [5, 5.41) is 15.0. The Morgan fingerprint density at radius 1 is 1.30 bits per heavy atom. The van der Waals surface area contributed by atoms with Gasteiger partial charge in [-0.2, -0.15) is 10.2 Å². The Kier molecular flexibility index (Phi) is 4.42. The van der Waals surface area contributed by atoms with Crippen LogP contribution < -0.4 is 5.32 Å². The van der Waals surface area contributed by atoms with Crippen molar-refractivity contribution in [1.29, 1.82) is 0 Å². The maximum atomic E-state index is 4.47. The van der Waals surface area contributed by atoms with Gasteiger partial charge in [-0.15, -0.1) is 0 Å². The van der Waals surface area contributed by atoms with E-state index in [0.717, 1.165) is 18.1 Å². The molecule has 0 aromatic carbocycles. The number of nitrogens with one attached hydrogen (secondary N) is 2. The van der Waals surface area contributed by atoms with E-state index >= 15 is 0 Å². The molecule has 0 bridgehead atoms. The molecule has 0 amide bonds. The highest BCUT2D eigenvalue weighted by Gasteiger charge is 2.10. The fourth-order valence-electron chi connectivity index (χ4n) is 2.36. The molecule has 0 saturated carbocycles. The van der Waals surface area contributed by atoms with Crippen LogP contribution in [0.15, 0.2) is 24.7 Å². The molecule has 3 rings (SSSR count). The quantitative estimate of drug-likeness (QED) is 0.711. The zero-order valence-corrected chi connectivity index (χ0v) is 13.5. The third-order valence-electron chi connectivity index (χ3n) is 3.49. The Morgan fingerprint density at radius 2 is 2.17 bits per heavy atom. The van der Waals surface area contributed by atoms with Gasteiger partial charge in [0.25, 0.3) is 0 Å². The van der Waals surface area contributed by atoms with E-state index in [1.54, 1.807) is 18.6 Å². The molecule has 0 aliphatic heterocycles. The van der Waals surface area contributed by atoms with Gasteiger partial charge < -0.3 is 5.32 Å². The van der Waals surface area contributed by atoms with Crippen molar-refractivity contribution < 1.29 is 0 Å². The molecule has 0 saturated heterocycles. The fourth-order valence-corrected chi connectivity index (χ4v) is 2.36. The van der Waals surface area contributed by atoms with Crippen molar-refractivity contribution in [1.82, 2.24) is 40.2 Å². The number of aromatic amines is 1. The fraction of sp³-hybridized carbons (Fsp3) is 0.400. The smallest absolute Gasteiger partial charge is 0.201 e. The van der Waals surface area contributed by atoms with Gasteiger partial charge in [-0.3, -0.25) is 14.8 Å². The SMILES string of the molecule is Cc1cc(C)n(CC(C)NCc2nc(-c3cnccn3)n[nH]2)n1. The van der Waals surface area contributed by atoms with E-state index in [2.05, 4.69) is 55.5 Å². The lowest BCUT2D eigenvalue weighted by Gasteiger charge is -2.13. The Labute approximate surface area is 134 Å². The molecule has 0 aliphatic rings. The molecule has 3 heterocycles. The molecule has 120 valence electrons. The van der Waals surface area contributed by atoms with E-state index in [1.165, 1.54) is 5.69 Å². The van der Waals surface area contributed by atoms with Crippen LogP contribution in [0.1, 0.15) is 24.1 Å². The first kappa shape index (κ1) is 15.3. The van der Waals surface area contributed by atoms with E-state index in [9.17, 15) is 0 Å². The van der Waals surface area contributed by atoms with Gasteiger partial charge in [0.15, 0.2) is 0 Å². The first-order valence-corrected chi connectivity index (χ1v) is 7.54. The Morgan fingerprint density at radius 3 is 2.87 bits per heavy atom. The summed E-state index contributed by atoms with van der Waals surface area (Å²) >= 11 is 0. The summed E-state index contributed by atoms with van der Waals surface area (Å²) in [5.41, 5.74) is 2.87. The van der Waals surface area contributed by atoms with Crippen LogP contribution in [0.4, 0.5) is 0 Å². The summed E-state index contributed by atoms with van der Waals surface area (Å²) < 4.78 is 2.01. The molecule has 3 aromatic heterocycles. The number of aromatic nitrogens is 7. The summed E-state index contributed by atoms with van der Waals surface area (Å²) in [4.78, 5) is 12.6. The molecular weight excluding hydrogens is 292 g/mol. The van der Waals surface area contributed by atoms with Crippen LogP contribution in [-0.2, 0) is 13.1 Å². The van der Waals surface area contributed by atoms with E-state index < -0.39 is 0 Å². The van der Waals surface area contributed by atoms with Crippen molar-refractivity contribution >= 4 is 0 Å². The monoisotopic (exact) mass is 312 g/mol. The minimum atomic E-state index is 0.262. The molecule has 8 nitrogen and oxygen atoms in total. The van der Waals surface area contributed by atoms with E-state index in [-0.39, 0.29) is 6.04 Å². The van der Waals surface area contributed by atoms with Gasteiger partial charge in [-0.05, 0) is 26.8 Å². The normalized spacial score (nSPS) is 12.5. The number of aryl methyl sites for hydroxylation is 2. The molecule has 0 spiro atoms. The molecule has 1 unspecified atom stereocenters. The molecule has 3 aromatic rings. The summed E-state index contributed by atoms with van der Waals surface area (Å²) in [6.07, 6.45) is 4.89. The van der Waals surface area contributed by atoms with Crippen molar-refractivity contribution in [3.05, 3.63) is 41.9 Å². The van der Waals surface area contributed by atoms with E-state index in [0.29, 0.717) is 18.1 Å². The van der Waals surface area contributed by atoms with Crippen LogP contribution in [0, 0.1) is 13.8 Å². The van der Waals surface area contributed by atoms with Crippen LogP contribution in [-0.4, -0.2) is 41.0 Å². The lowest BCUT2D eigenvalue weighted by molar-refractivity contribution is 0.439. The van der Waals surface area contributed by atoms with Crippen molar-refractivity contribution in [2.24, 2.45) is 0 Å². The second kappa shape index (κ2) is 6.66. The summed E-state index contributed by atoms with van der Waals surface area (Å²) in [7, 11) is 0. The average Bonchev–Trinajstić information content (AvgIpc) is 3.13. The van der Waals surface area contributed by atoms with Crippen LogP contribution in [0.3, 0.4) is 0 Å². The lowest BCUT2D eigenvalue weighted by Crippen LogP contribution is -2.31. The highest BCUT2D eigenvalue weighted by molar-refractivity contribution is 5.45. The maximum absolute atomic E-state index is 4.47. The third-order valence-corrected chi connectivity index (χ3v) is 3.49. The van der Waals surface area contributed by atoms with Gasteiger partial charge in [0, 0.05) is 24.1 Å². The van der Waals surface area contributed by atoms with E-state index in [1.807, 2.05) is 11.6 Å². The summed E-state index contributed by atoms with van der Waals surface area (Å²) in [5.74, 6) is 1.33. The third kappa shape index (κ3) is 3.78. The lowest BCUT2D eigenvalue weighted by atomic mass is 10.3. The second-order valence-corrected chi connectivity index (χ2v) is 5.59. The molecule has 1 atom stereocenters. The molecule has 0 aliphatic carbocycles. The average molecular weight is 312 g/mol. The van der Waals surface area contributed by atoms with Gasteiger partial charge in [0.1, 0.15) is 11.5 Å². The summed E-state index contributed by atoms with van der Waals surface area (Å²) in [6.45, 7) is 7.61. The predicted octanol–water partition coefficient (Wildman–Crippen LogP) is 1.25.